The van der Waals surface area contributed by atoms with Gasteiger partial charge in [0.25, 0.3) is 0 Å². The number of carbonyl (C=O) groups is 1. The number of unbranched alkanes of at least 4 members (excludes halogenated alkanes) is 28. The molecule has 0 aromatic heterocycles. The van der Waals surface area contributed by atoms with Gasteiger partial charge in [0.15, 0.2) is 0 Å². The Bertz CT molecular complexity index is 509. The van der Waals surface area contributed by atoms with Gasteiger partial charge in [-0.2, -0.15) is 0 Å². The summed E-state index contributed by atoms with van der Waals surface area (Å²) in [6, 6.07) is 0. The molecule has 42 heavy (non-hydrogen) atoms. The van der Waals surface area contributed by atoms with Gasteiger partial charge in [0.05, 0.1) is 13.2 Å². The van der Waals surface area contributed by atoms with E-state index < -0.39 is 6.10 Å². The Hall–Kier alpha value is -0.610. The molecule has 0 saturated carbocycles. The number of aliphatic hydroxyl groups is 1. The van der Waals surface area contributed by atoms with Gasteiger partial charge in [-0.3, -0.25) is 4.79 Å². The molecule has 1 N–H and O–H groups in total. The van der Waals surface area contributed by atoms with Gasteiger partial charge in [-0.15, -0.1) is 0 Å². The summed E-state index contributed by atoms with van der Waals surface area (Å²) in [5.74, 6) is -0.196. The highest BCUT2D eigenvalue weighted by Gasteiger charge is 2.13. The van der Waals surface area contributed by atoms with Gasteiger partial charge in [-0.05, 0) is 12.8 Å². The zero-order chi connectivity index (χ0) is 30.6. The minimum Gasteiger partial charge on any atom is -0.457 e. The summed E-state index contributed by atoms with van der Waals surface area (Å²) in [7, 11) is 0. The highest BCUT2D eigenvalue weighted by atomic mass is 16.6. The van der Waals surface area contributed by atoms with E-state index in [2.05, 4.69) is 13.8 Å². The Morgan fingerprint density at radius 3 is 1.12 bits per heavy atom. The van der Waals surface area contributed by atoms with Crippen LogP contribution in [0.2, 0.25) is 0 Å². The second-order valence-corrected chi connectivity index (χ2v) is 13.0. The summed E-state index contributed by atoms with van der Waals surface area (Å²) >= 11 is 0. The second kappa shape index (κ2) is 36.6. The average molecular weight is 597 g/mol. The Kier molecular flexibility index (Phi) is 36.0. The van der Waals surface area contributed by atoms with Crippen molar-refractivity contribution in [3.63, 3.8) is 0 Å². The van der Waals surface area contributed by atoms with E-state index in [4.69, 9.17) is 9.47 Å². The molecule has 0 aliphatic heterocycles. The molecular weight excluding hydrogens is 520 g/mol. The van der Waals surface area contributed by atoms with E-state index >= 15 is 0 Å². The summed E-state index contributed by atoms with van der Waals surface area (Å²) < 4.78 is 11.1. The summed E-state index contributed by atoms with van der Waals surface area (Å²) in [6.45, 7) is 5.38. The first-order chi connectivity index (χ1) is 20.7. The normalized spacial score (nSPS) is 12.2. The molecule has 1 atom stereocenters. The number of aliphatic hydroxyl groups excluding tert-OH is 1. The molecule has 0 aromatic rings. The van der Waals surface area contributed by atoms with E-state index in [-0.39, 0.29) is 12.6 Å². The van der Waals surface area contributed by atoms with Gasteiger partial charge in [0.1, 0.15) is 6.10 Å². The Balaban J connectivity index is 3.35. The summed E-state index contributed by atoms with van der Waals surface area (Å²) in [5.41, 5.74) is 0. The highest BCUT2D eigenvalue weighted by Crippen LogP contribution is 2.15. The van der Waals surface area contributed by atoms with Crippen LogP contribution in [0.3, 0.4) is 0 Å². The van der Waals surface area contributed by atoms with Crippen LogP contribution < -0.4 is 0 Å². The molecular formula is C38H76O4. The third-order valence-electron chi connectivity index (χ3n) is 8.68. The van der Waals surface area contributed by atoms with Crippen LogP contribution in [0.15, 0.2) is 0 Å². The molecule has 0 heterocycles. The zero-order valence-electron chi connectivity index (χ0n) is 28.8. The predicted molar refractivity (Wildman–Crippen MR) is 182 cm³/mol. The third kappa shape index (κ3) is 33.9. The number of hydrogen-bond donors (Lipinski definition) is 1. The summed E-state index contributed by atoms with van der Waals surface area (Å²) in [4.78, 5) is 12.1. The maximum atomic E-state index is 12.1. The lowest BCUT2D eigenvalue weighted by atomic mass is 10.0. The van der Waals surface area contributed by atoms with Gasteiger partial charge < -0.3 is 14.6 Å². The number of carbonyl (C=O) groups excluding carboxylic acids is 1. The van der Waals surface area contributed by atoms with Crippen molar-refractivity contribution in [1.82, 2.24) is 0 Å². The largest absolute Gasteiger partial charge is 0.457 e. The van der Waals surface area contributed by atoms with Crippen molar-refractivity contribution in [1.29, 1.82) is 0 Å². The molecule has 4 nitrogen and oxygen atoms in total. The lowest BCUT2D eigenvalue weighted by molar-refractivity contribution is -0.154. The van der Waals surface area contributed by atoms with Crippen molar-refractivity contribution in [2.75, 3.05) is 19.8 Å². The van der Waals surface area contributed by atoms with E-state index in [0.29, 0.717) is 19.6 Å². The highest BCUT2D eigenvalue weighted by molar-refractivity contribution is 5.69. The lowest BCUT2D eigenvalue weighted by Crippen LogP contribution is -2.27. The minimum atomic E-state index is -0.523. The van der Waals surface area contributed by atoms with Crippen molar-refractivity contribution in [3.05, 3.63) is 0 Å². The van der Waals surface area contributed by atoms with Crippen molar-refractivity contribution in [2.24, 2.45) is 0 Å². The SMILES string of the molecule is CCCCCCCCCCCCCCCCCCCCOCC(CO)OC(=O)CCCCCCCCCCCCCC. The van der Waals surface area contributed by atoms with Crippen LogP contribution in [-0.4, -0.2) is 37.0 Å². The predicted octanol–water partition coefficient (Wildman–Crippen LogP) is 12.0. The number of ether oxygens (including phenoxy) is 2. The smallest absolute Gasteiger partial charge is 0.306 e. The van der Waals surface area contributed by atoms with Gasteiger partial charge in [0.2, 0.25) is 0 Å². The summed E-state index contributed by atoms with van der Waals surface area (Å²) in [5, 5.41) is 9.55. The minimum absolute atomic E-state index is 0.163. The van der Waals surface area contributed by atoms with Crippen LogP contribution in [0.25, 0.3) is 0 Å². The van der Waals surface area contributed by atoms with Crippen LogP contribution in [0, 0.1) is 0 Å². The molecule has 252 valence electrons. The van der Waals surface area contributed by atoms with Crippen LogP contribution in [0.5, 0.6) is 0 Å². The molecule has 0 radical (unpaired) electrons. The molecule has 0 amide bonds. The van der Waals surface area contributed by atoms with Gasteiger partial charge in [-0.25, -0.2) is 0 Å². The fraction of sp³-hybridized carbons (Fsp3) is 0.974. The first kappa shape index (κ1) is 41.4. The standard InChI is InChI=1S/C38H76O4/c1-3-5-7-9-11-13-15-17-18-19-20-21-22-24-26-28-30-32-34-41-36-37(35-39)42-38(40)33-31-29-27-25-23-16-14-12-10-8-6-4-2/h37,39H,3-36H2,1-2H3. The molecule has 0 saturated heterocycles. The molecule has 0 aliphatic carbocycles. The Labute approximate surface area is 263 Å². The maximum Gasteiger partial charge on any atom is 0.306 e. The maximum absolute atomic E-state index is 12.1. The monoisotopic (exact) mass is 597 g/mol. The quantitative estimate of drug-likeness (QED) is 0.0577. The van der Waals surface area contributed by atoms with Crippen molar-refractivity contribution < 1.29 is 19.4 Å². The van der Waals surface area contributed by atoms with E-state index in [9.17, 15) is 9.90 Å². The third-order valence-corrected chi connectivity index (χ3v) is 8.68. The molecule has 0 aliphatic rings. The van der Waals surface area contributed by atoms with Gasteiger partial charge in [0, 0.05) is 13.0 Å². The molecule has 0 spiro atoms. The molecule has 0 fully saturated rings. The van der Waals surface area contributed by atoms with E-state index in [0.717, 1.165) is 19.3 Å². The molecule has 0 aromatic carbocycles. The Morgan fingerprint density at radius 1 is 0.476 bits per heavy atom. The number of esters is 1. The average Bonchev–Trinajstić information content (AvgIpc) is 3.00. The molecule has 1 unspecified atom stereocenters. The van der Waals surface area contributed by atoms with E-state index in [1.54, 1.807) is 0 Å². The first-order valence-corrected chi connectivity index (χ1v) is 19.1. The van der Waals surface area contributed by atoms with Gasteiger partial charge in [-0.1, -0.05) is 194 Å². The van der Waals surface area contributed by atoms with Gasteiger partial charge >= 0.3 is 5.97 Å². The van der Waals surface area contributed by atoms with E-state index in [1.807, 2.05) is 0 Å². The van der Waals surface area contributed by atoms with Crippen LogP contribution >= 0.6 is 0 Å². The molecule has 4 heteroatoms. The van der Waals surface area contributed by atoms with Crippen molar-refractivity contribution >= 4 is 5.97 Å². The topological polar surface area (TPSA) is 55.8 Å². The second-order valence-electron chi connectivity index (χ2n) is 13.0. The zero-order valence-corrected chi connectivity index (χ0v) is 28.8. The van der Waals surface area contributed by atoms with E-state index in [1.165, 1.54) is 173 Å². The number of rotatable bonds is 36. The lowest BCUT2D eigenvalue weighted by Gasteiger charge is -2.16. The number of hydrogen-bond acceptors (Lipinski definition) is 4. The first-order valence-electron chi connectivity index (χ1n) is 19.1. The van der Waals surface area contributed by atoms with Crippen molar-refractivity contribution in [3.8, 4) is 0 Å². The Morgan fingerprint density at radius 2 is 0.786 bits per heavy atom. The van der Waals surface area contributed by atoms with Crippen molar-refractivity contribution in [2.45, 2.75) is 219 Å². The molecule has 0 rings (SSSR count). The van der Waals surface area contributed by atoms with Crippen LogP contribution in [-0.2, 0) is 14.3 Å². The summed E-state index contributed by atoms with van der Waals surface area (Å²) in [6.07, 6.45) is 40.0. The fourth-order valence-electron chi connectivity index (χ4n) is 5.80. The van der Waals surface area contributed by atoms with Crippen LogP contribution in [0.4, 0.5) is 0 Å². The van der Waals surface area contributed by atoms with Crippen LogP contribution in [0.1, 0.15) is 213 Å². The fourth-order valence-corrected chi connectivity index (χ4v) is 5.80. The molecule has 0 bridgehead atoms.